The maximum absolute atomic E-state index is 13.2. The van der Waals surface area contributed by atoms with Crippen molar-refractivity contribution in [2.24, 2.45) is 5.41 Å². The van der Waals surface area contributed by atoms with Crippen molar-refractivity contribution in [3.63, 3.8) is 0 Å². The van der Waals surface area contributed by atoms with E-state index in [4.69, 9.17) is 5.26 Å². The van der Waals surface area contributed by atoms with Crippen LogP contribution in [0.2, 0.25) is 0 Å². The average Bonchev–Trinajstić information content (AvgIpc) is 2.97. The van der Waals surface area contributed by atoms with Gasteiger partial charge in [0.05, 0.1) is 5.56 Å². The Morgan fingerprint density at radius 2 is 2.17 bits per heavy atom. The summed E-state index contributed by atoms with van der Waals surface area (Å²) in [6, 6.07) is 5.86. The van der Waals surface area contributed by atoms with E-state index in [9.17, 15) is 9.18 Å². The van der Waals surface area contributed by atoms with Gasteiger partial charge in [-0.25, -0.2) is 4.39 Å². The zero-order valence-corrected chi connectivity index (χ0v) is 10.7. The van der Waals surface area contributed by atoms with E-state index in [0.29, 0.717) is 5.56 Å². The monoisotopic (exact) mass is 246 g/mol. The minimum absolute atomic E-state index is 0.0932. The highest BCUT2D eigenvalue weighted by Gasteiger charge is 2.49. The minimum atomic E-state index is -0.594. The van der Waals surface area contributed by atoms with Gasteiger partial charge in [0.25, 0.3) is 5.91 Å². The Hall–Kier alpha value is -1.89. The summed E-state index contributed by atoms with van der Waals surface area (Å²) < 4.78 is 13.2. The van der Waals surface area contributed by atoms with Crippen LogP contribution < -0.4 is 0 Å². The molecule has 1 atom stereocenters. The summed E-state index contributed by atoms with van der Waals surface area (Å²) in [7, 11) is 1.75. The summed E-state index contributed by atoms with van der Waals surface area (Å²) >= 11 is 0. The zero-order chi connectivity index (χ0) is 13.5. The summed E-state index contributed by atoms with van der Waals surface area (Å²) in [6.45, 7) is 4.21. The highest BCUT2D eigenvalue weighted by atomic mass is 19.1. The summed E-state index contributed by atoms with van der Waals surface area (Å²) in [4.78, 5) is 13.9. The topological polar surface area (TPSA) is 44.1 Å². The van der Waals surface area contributed by atoms with Gasteiger partial charge in [0.2, 0.25) is 0 Å². The van der Waals surface area contributed by atoms with Crippen LogP contribution in [0.15, 0.2) is 18.2 Å². The van der Waals surface area contributed by atoms with E-state index < -0.39 is 5.82 Å². The molecule has 1 fully saturated rings. The van der Waals surface area contributed by atoms with Gasteiger partial charge in [-0.3, -0.25) is 4.79 Å². The Morgan fingerprint density at radius 1 is 1.56 bits per heavy atom. The Labute approximate surface area is 106 Å². The first kappa shape index (κ1) is 12.6. The Bertz CT molecular complexity index is 545. The molecule has 0 radical (unpaired) electrons. The molecule has 0 N–H and O–H groups in total. The molecule has 0 saturated heterocycles. The number of nitriles is 1. The van der Waals surface area contributed by atoms with Gasteiger partial charge in [-0.05, 0) is 30.0 Å². The van der Waals surface area contributed by atoms with Gasteiger partial charge in [0, 0.05) is 18.7 Å². The van der Waals surface area contributed by atoms with Crippen molar-refractivity contribution in [2.75, 3.05) is 7.05 Å². The standard InChI is InChI=1S/C14H15FN2O/c1-14(2)7-12(14)17(3)13(18)9-4-5-11(15)10(6-9)8-16/h4-6,12H,7H2,1-3H3. The molecule has 1 aromatic carbocycles. The van der Waals surface area contributed by atoms with Crippen LogP contribution in [0, 0.1) is 22.6 Å². The lowest BCUT2D eigenvalue weighted by atomic mass is 10.1. The van der Waals surface area contributed by atoms with Gasteiger partial charge >= 0.3 is 0 Å². The predicted molar refractivity (Wildman–Crippen MR) is 65.4 cm³/mol. The molecule has 3 nitrogen and oxygen atoms in total. The molecule has 1 unspecified atom stereocenters. The molecular weight excluding hydrogens is 231 g/mol. The molecule has 0 aromatic heterocycles. The van der Waals surface area contributed by atoms with Crippen molar-refractivity contribution in [3.8, 4) is 6.07 Å². The molecule has 1 aliphatic carbocycles. The SMILES string of the molecule is CN(C(=O)c1ccc(F)c(C#N)c1)C1CC1(C)C. The predicted octanol–water partition coefficient (Wildman–Crippen LogP) is 2.57. The molecule has 94 valence electrons. The fraction of sp³-hybridized carbons (Fsp3) is 0.429. The van der Waals surface area contributed by atoms with Crippen LogP contribution in [-0.2, 0) is 0 Å². The number of nitrogens with zero attached hydrogens (tertiary/aromatic N) is 2. The van der Waals surface area contributed by atoms with E-state index in [1.54, 1.807) is 18.0 Å². The van der Waals surface area contributed by atoms with Gasteiger partial charge in [-0.2, -0.15) is 5.26 Å². The first-order valence-electron chi connectivity index (χ1n) is 5.83. The molecule has 1 saturated carbocycles. The van der Waals surface area contributed by atoms with Crippen molar-refractivity contribution in [1.29, 1.82) is 5.26 Å². The van der Waals surface area contributed by atoms with E-state index in [2.05, 4.69) is 13.8 Å². The number of halogens is 1. The second-order valence-corrected chi connectivity index (χ2v) is 5.43. The number of amides is 1. The van der Waals surface area contributed by atoms with Crippen LogP contribution in [-0.4, -0.2) is 23.9 Å². The highest BCUT2D eigenvalue weighted by molar-refractivity contribution is 5.94. The van der Waals surface area contributed by atoms with Crippen molar-refractivity contribution < 1.29 is 9.18 Å². The van der Waals surface area contributed by atoms with E-state index in [1.807, 2.05) is 0 Å². The largest absolute Gasteiger partial charge is 0.338 e. The third kappa shape index (κ3) is 2.08. The molecule has 18 heavy (non-hydrogen) atoms. The van der Waals surface area contributed by atoms with Crippen LogP contribution in [0.3, 0.4) is 0 Å². The molecule has 0 bridgehead atoms. The smallest absolute Gasteiger partial charge is 0.253 e. The molecule has 0 aliphatic heterocycles. The molecule has 1 amide bonds. The third-order valence-electron chi connectivity index (χ3n) is 3.58. The number of carbonyl (C=O) groups excluding carboxylic acids is 1. The van der Waals surface area contributed by atoms with Crippen LogP contribution >= 0.6 is 0 Å². The van der Waals surface area contributed by atoms with Crippen LogP contribution in [0.25, 0.3) is 0 Å². The average molecular weight is 246 g/mol. The van der Waals surface area contributed by atoms with Crippen LogP contribution in [0.1, 0.15) is 36.2 Å². The molecule has 1 aromatic rings. The quantitative estimate of drug-likeness (QED) is 0.805. The zero-order valence-electron chi connectivity index (χ0n) is 10.7. The fourth-order valence-corrected chi connectivity index (χ4v) is 2.19. The Balaban J connectivity index is 2.22. The maximum atomic E-state index is 13.2. The van der Waals surface area contributed by atoms with E-state index >= 15 is 0 Å². The van der Waals surface area contributed by atoms with Gasteiger partial charge in [0.1, 0.15) is 11.9 Å². The summed E-state index contributed by atoms with van der Waals surface area (Å²) in [5, 5.41) is 8.75. The normalized spacial score (nSPS) is 20.1. The Morgan fingerprint density at radius 3 is 2.67 bits per heavy atom. The number of carbonyl (C=O) groups is 1. The maximum Gasteiger partial charge on any atom is 0.253 e. The molecule has 1 aliphatic rings. The molecular formula is C14H15FN2O. The van der Waals surface area contributed by atoms with Crippen LogP contribution in [0.4, 0.5) is 4.39 Å². The lowest BCUT2D eigenvalue weighted by Gasteiger charge is -2.19. The summed E-state index contributed by atoms with van der Waals surface area (Å²) in [6.07, 6.45) is 0.974. The number of hydrogen-bond acceptors (Lipinski definition) is 2. The first-order valence-corrected chi connectivity index (χ1v) is 5.83. The van der Waals surface area contributed by atoms with Gasteiger partial charge in [-0.1, -0.05) is 13.8 Å². The van der Waals surface area contributed by atoms with Crippen molar-refractivity contribution in [2.45, 2.75) is 26.3 Å². The van der Waals surface area contributed by atoms with Gasteiger partial charge in [-0.15, -0.1) is 0 Å². The number of hydrogen-bond donors (Lipinski definition) is 0. The number of benzene rings is 1. The van der Waals surface area contributed by atoms with E-state index in [-0.39, 0.29) is 22.9 Å². The first-order chi connectivity index (χ1) is 8.36. The highest BCUT2D eigenvalue weighted by Crippen LogP contribution is 2.48. The van der Waals surface area contributed by atoms with E-state index in [0.717, 1.165) is 12.5 Å². The molecule has 0 spiro atoms. The van der Waals surface area contributed by atoms with Gasteiger partial charge in [0.15, 0.2) is 0 Å². The lowest BCUT2D eigenvalue weighted by Crippen LogP contribution is -2.31. The second kappa shape index (κ2) is 4.09. The molecule has 2 rings (SSSR count). The minimum Gasteiger partial charge on any atom is -0.338 e. The van der Waals surface area contributed by atoms with Crippen molar-refractivity contribution >= 4 is 5.91 Å². The van der Waals surface area contributed by atoms with E-state index in [1.165, 1.54) is 12.1 Å². The van der Waals surface area contributed by atoms with Crippen molar-refractivity contribution in [3.05, 3.63) is 35.1 Å². The third-order valence-corrected chi connectivity index (χ3v) is 3.58. The van der Waals surface area contributed by atoms with Crippen molar-refractivity contribution in [1.82, 2.24) is 4.90 Å². The fourth-order valence-electron chi connectivity index (χ4n) is 2.19. The summed E-state index contributed by atoms with van der Waals surface area (Å²) in [5.74, 6) is -0.759. The number of rotatable bonds is 2. The van der Waals surface area contributed by atoms with Gasteiger partial charge < -0.3 is 4.90 Å². The summed E-state index contributed by atoms with van der Waals surface area (Å²) in [5.41, 5.74) is 0.421. The second-order valence-electron chi connectivity index (χ2n) is 5.43. The molecule has 4 heteroatoms. The molecule has 0 heterocycles. The lowest BCUT2D eigenvalue weighted by molar-refractivity contribution is 0.0768. The van der Waals surface area contributed by atoms with Crippen LogP contribution in [0.5, 0.6) is 0 Å². The Kier molecular flexibility index (Phi) is 2.86.